The van der Waals surface area contributed by atoms with Crippen LogP contribution in [0, 0.1) is 13.8 Å². The SMILES string of the molecule is Cc1cc(C)cc(C(C)NC(=O)C2(N)CCOCC2)c1.Cl. The molecule has 0 aliphatic carbocycles. The van der Waals surface area contributed by atoms with Crippen molar-refractivity contribution in [2.45, 2.75) is 45.2 Å². The number of carbonyl (C=O) groups is 1. The van der Waals surface area contributed by atoms with Crippen LogP contribution in [-0.2, 0) is 9.53 Å². The van der Waals surface area contributed by atoms with E-state index in [4.69, 9.17) is 10.5 Å². The molecule has 4 nitrogen and oxygen atoms in total. The second-order valence-electron chi connectivity index (χ2n) is 5.88. The Morgan fingerprint density at radius 3 is 2.29 bits per heavy atom. The fraction of sp³-hybridized carbons (Fsp3) is 0.562. The Balaban J connectivity index is 0.00000220. The summed E-state index contributed by atoms with van der Waals surface area (Å²) in [5.74, 6) is -0.0764. The first-order valence-electron chi connectivity index (χ1n) is 7.16. The lowest BCUT2D eigenvalue weighted by Gasteiger charge is -2.33. The van der Waals surface area contributed by atoms with Crippen molar-refractivity contribution in [2.75, 3.05) is 13.2 Å². The van der Waals surface area contributed by atoms with Gasteiger partial charge in [-0.05, 0) is 39.2 Å². The highest BCUT2D eigenvalue weighted by Crippen LogP contribution is 2.21. The molecule has 5 heteroatoms. The van der Waals surface area contributed by atoms with Crippen LogP contribution in [0.2, 0.25) is 0 Å². The number of aryl methyl sites for hydroxylation is 2. The van der Waals surface area contributed by atoms with E-state index in [1.165, 1.54) is 11.1 Å². The van der Waals surface area contributed by atoms with E-state index in [-0.39, 0.29) is 24.4 Å². The Kier molecular flexibility index (Phi) is 6.20. The van der Waals surface area contributed by atoms with Crippen LogP contribution in [0.3, 0.4) is 0 Å². The van der Waals surface area contributed by atoms with Crippen LogP contribution in [-0.4, -0.2) is 24.7 Å². The molecule has 3 N–H and O–H groups in total. The predicted molar refractivity (Wildman–Crippen MR) is 86.7 cm³/mol. The first-order valence-corrected chi connectivity index (χ1v) is 7.16. The van der Waals surface area contributed by atoms with Gasteiger partial charge in [-0.15, -0.1) is 12.4 Å². The van der Waals surface area contributed by atoms with E-state index in [1.807, 2.05) is 6.92 Å². The summed E-state index contributed by atoms with van der Waals surface area (Å²) in [6.45, 7) is 7.24. The smallest absolute Gasteiger partial charge is 0.240 e. The molecule has 0 bridgehead atoms. The minimum Gasteiger partial charge on any atom is -0.381 e. The average molecular weight is 313 g/mol. The highest BCUT2D eigenvalue weighted by Gasteiger charge is 2.36. The summed E-state index contributed by atoms with van der Waals surface area (Å²) in [5.41, 5.74) is 8.93. The first kappa shape index (κ1) is 18.0. The fourth-order valence-electron chi connectivity index (χ4n) is 2.65. The summed E-state index contributed by atoms with van der Waals surface area (Å²) >= 11 is 0. The molecular weight excluding hydrogens is 288 g/mol. The molecule has 118 valence electrons. The van der Waals surface area contributed by atoms with Crippen molar-refractivity contribution in [3.8, 4) is 0 Å². The van der Waals surface area contributed by atoms with Crippen molar-refractivity contribution in [1.82, 2.24) is 5.32 Å². The second kappa shape index (κ2) is 7.25. The third-order valence-corrected chi connectivity index (χ3v) is 3.93. The van der Waals surface area contributed by atoms with Gasteiger partial charge in [-0.3, -0.25) is 4.79 Å². The summed E-state index contributed by atoms with van der Waals surface area (Å²) in [7, 11) is 0. The fourth-order valence-corrected chi connectivity index (χ4v) is 2.65. The van der Waals surface area contributed by atoms with Crippen molar-refractivity contribution in [3.63, 3.8) is 0 Å². The Morgan fingerprint density at radius 2 is 1.76 bits per heavy atom. The molecule has 1 aromatic rings. The van der Waals surface area contributed by atoms with Gasteiger partial charge in [-0.2, -0.15) is 0 Å². The van der Waals surface area contributed by atoms with Gasteiger partial charge in [0.15, 0.2) is 0 Å². The highest BCUT2D eigenvalue weighted by atomic mass is 35.5. The number of nitrogens with two attached hydrogens (primary N) is 1. The molecule has 1 aromatic carbocycles. The van der Waals surface area contributed by atoms with Crippen molar-refractivity contribution >= 4 is 18.3 Å². The topological polar surface area (TPSA) is 64.4 Å². The Bertz CT molecular complexity index is 479. The second-order valence-corrected chi connectivity index (χ2v) is 5.88. The molecule has 2 rings (SSSR count). The zero-order valence-electron chi connectivity index (χ0n) is 12.9. The predicted octanol–water partition coefficient (Wildman–Crippen LogP) is 2.41. The molecule has 1 unspecified atom stereocenters. The van der Waals surface area contributed by atoms with Gasteiger partial charge in [0.05, 0.1) is 11.6 Å². The van der Waals surface area contributed by atoms with Crippen LogP contribution in [0.1, 0.15) is 42.5 Å². The van der Waals surface area contributed by atoms with E-state index in [9.17, 15) is 4.79 Å². The summed E-state index contributed by atoms with van der Waals surface area (Å²) in [6.07, 6.45) is 1.16. The van der Waals surface area contributed by atoms with E-state index in [1.54, 1.807) is 0 Å². The van der Waals surface area contributed by atoms with Gasteiger partial charge >= 0.3 is 0 Å². The lowest BCUT2D eigenvalue weighted by Crippen LogP contribution is -2.57. The molecule has 1 atom stereocenters. The van der Waals surface area contributed by atoms with Crippen LogP contribution in [0.15, 0.2) is 18.2 Å². The maximum atomic E-state index is 12.4. The number of hydrogen-bond donors (Lipinski definition) is 2. The van der Waals surface area contributed by atoms with Crippen molar-refractivity contribution in [1.29, 1.82) is 0 Å². The maximum Gasteiger partial charge on any atom is 0.240 e. The van der Waals surface area contributed by atoms with E-state index >= 15 is 0 Å². The molecule has 1 heterocycles. The number of hydrogen-bond acceptors (Lipinski definition) is 3. The van der Waals surface area contributed by atoms with Crippen molar-refractivity contribution in [3.05, 3.63) is 34.9 Å². The molecule has 1 aliphatic heterocycles. The number of halogens is 1. The van der Waals surface area contributed by atoms with Gasteiger partial charge in [0, 0.05) is 13.2 Å². The molecule has 0 saturated carbocycles. The molecule has 1 fully saturated rings. The summed E-state index contributed by atoms with van der Waals surface area (Å²) < 4.78 is 5.28. The molecule has 0 aromatic heterocycles. The third kappa shape index (κ3) is 4.43. The Hall–Kier alpha value is -1.10. The third-order valence-electron chi connectivity index (χ3n) is 3.93. The van der Waals surface area contributed by atoms with Crippen LogP contribution < -0.4 is 11.1 Å². The minimum absolute atomic E-state index is 0. The standard InChI is InChI=1S/C16H24N2O2.ClH/c1-11-8-12(2)10-14(9-11)13(3)18-15(19)16(17)4-6-20-7-5-16;/h8-10,13H,4-7,17H2,1-3H3,(H,18,19);1H. The van der Waals surface area contributed by atoms with Gasteiger partial charge in [0.1, 0.15) is 0 Å². The van der Waals surface area contributed by atoms with E-state index < -0.39 is 5.54 Å². The minimum atomic E-state index is -0.786. The van der Waals surface area contributed by atoms with Crippen LogP contribution in [0.25, 0.3) is 0 Å². The quantitative estimate of drug-likeness (QED) is 0.901. The summed E-state index contributed by atoms with van der Waals surface area (Å²) in [5, 5.41) is 3.04. The van der Waals surface area contributed by atoms with Crippen molar-refractivity contribution < 1.29 is 9.53 Å². The first-order chi connectivity index (χ1) is 9.40. The molecule has 0 spiro atoms. The molecule has 0 radical (unpaired) electrons. The van der Waals surface area contributed by atoms with Gasteiger partial charge in [-0.25, -0.2) is 0 Å². The van der Waals surface area contributed by atoms with E-state index in [0.29, 0.717) is 26.1 Å². The molecule has 1 saturated heterocycles. The molecular formula is C16H25ClN2O2. The lowest BCUT2D eigenvalue weighted by atomic mass is 9.89. The number of rotatable bonds is 3. The highest BCUT2D eigenvalue weighted by molar-refractivity contribution is 5.86. The zero-order valence-corrected chi connectivity index (χ0v) is 13.8. The lowest BCUT2D eigenvalue weighted by molar-refractivity contribution is -0.130. The monoisotopic (exact) mass is 312 g/mol. The van der Waals surface area contributed by atoms with Gasteiger partial charge < -0.3 is 15.8 Å². The Morgan fingerprint density at radius 1 is 1.24 bits per heavy atom. The summed E-state index contributed by atoms with van der Waals surface area (Å²) in [6, 6.07) is 6.29. The van der Waals surface area contributed by atoms with Gasteiger partial charge in [0.25, 0.3) is 0 Å². The Labute approximate surface area is 132 Å². The number of carbonyl (C=O) groups excluding carboxylic acids is 1. The van der Waals surface area contributed by atoms with Gasteiger partial charge in [-0.1, -0.05) is 29.3 Å². The van der Waals surface area contributed by atoms with Crippen LogP contribution >= 0.6 is 12.4 Å². The molecule has 21 heavy (non-hydrogen) atoms. The number of ether oxygens (including phenoxy) is 1. The summed E-state index contributed by atoms with van der Waals surface area (Å²) in [4.78, 5) is 12.4. The average Bonchev–Trinajstić information content (AvgIpc) is 2.38. The van der Waals surface area contributed by atoms with E-state index in [0.717, 1.165) is 5.56 Å². The normalized spacial score (nSPS) is 18.5. The van der Waals surface area contributed by atoms with Crippen LogP contribution in [0.4, 0.5) is 0 Å². The number of nitrogens with one attached hydrogen (secondary N) is 1. The number of benzene rings is 1. The van der Waals surface area contributed by atoms with Gasteiger partial charge in [0.2, 0.25) is 5.91 Å². The van der Waals surface area contributed by atoms with E-state index in [2.05, 4.69) is 37.4 Å². The zero-order chi connectivity index (χ0) is 14.8. The maximum absolute atomic E-state index is 12.4. The largest absolute Gasteiger partial charge is 0.381 e. The molecule has 1 aliphatic rings. The number of amides is 1. The van der Waals surface area contributed by atoms with Crippen molar-refractivity contribution in [2.24, 2.45) is 5.73 Å². The van der Waals surface area contributed by atoms with Crippen LogP contribution in [0.5, 0.6) is 0 Å². The molecule has 1 amide bonds.